The molecule has 0 radical (unpaired) electrons. The first-order valence-electron chi connectivity index (χ1n) is 4.56. The van der Waals surface area contributed by atoms with Crippen LogP contribution >= 0.6 is 0 Å². The summed E-state index contributed by atoms with van der Waals surface area (Å²) in [5.74, 6) is 0.504. The molecule has 1 heterocycles. The molecule has 6 nitrogen and oxygen atoms in total. The normalized spacial score (nSPS) is 11.3. The van der Waals surface area contributed by atoms with Crippen LogP contribution in [0.25, 0.3) is 0 Å². The minimum Gasteiger partial charge on any atom is -0.369 e. The van der Waals surface area contributed by atoms with Crippen LogP contribution in [0.4, 0.5) is 5.82 Å². The molecule has 3 N–H and O–H groups in total. The van der Waals surface area contributed by atoms with Gasteiger partial charge in [0.05, 0.1) is 5.75 Å². The van der Waals surface area contributed by atoms with Gasteiger partial charge < -0.3 is 5.32 Å². The van der Waals surface area contributed by atoms with Crippen molar-refractivity contribution in [1.29, 1.82) is 0 Å². The van der Waals surface area contributed by atoms with Gasteiger partial charge in [-0.25, -0.2) is 23.5 Å². The van der Waals surface area contributed by atoms with Gasteiger partial charge in [0.25, 0.3) is 0 Å². The largest absolute Gasteiger partial charge is 0.369 e. The standard InChI is InChI=1S/C8H14N4O2S/c1-2-7-5-8(12-6-11-7)10-3-4-15(9,13)14/h5-6H,2-4H2,1H3,(H2,9,13,14)(H,10,11,12). The summed E-state index contributed by atoms with van der Waals surface area (Å²) in [6.45, 7) is 2.23. The summed E-state index contributed by atoms with van der Waals surface area (Å²) in [6, 6.07) is 1.78. The number of primary sulfonamides is 1. The lowest BCUT2D eigenvalue weighted by molar-refractivity contribution is 0.598. The monoisotopic (exact) mass is 230 g/mol. The Morgan fingerprint density at radius 3 is 2.80 bits per heavy atom. The number of sulfonamides is 1. The highest BCUT2D eigenvalue weighted by atomic mass is 32.2. The molecule has 1 rings (SSSR count). The number of nitrogens with zero attached hydrogens (tertiary/aromatic N) is 2. The molecule has 0 bridgehead atoms. The number of rotatable bonds is 5. The van der Waals surface area contributed by atoms with Gasteiger partial charge in [-0.3, -0.25) is 0 Å². The van der Waals surface area contributed by atoms with E-state index in [1.807, 2.05) is 6.92 Å². The van der Waals surface area contributed by atoms with Gasteiger partial charge in [-0.05, 0) is 6.42 Å². The van der Waals surface area contributed by atoms with E-state index in [-0.39, 0.29) is 12.3 Å². The fourth-order valence-corrected chi connectivity index (χ4v) is 1.40. The SMILES string of the molecule is CCc1cc(NCCS(N)(=O)=O)ncn1. The Bertz CT molecular complexity index is 418. The van der Waals surface area contributed by atoms with Gasteiger partial charge in [0.1, 0.15) is 12.1 Å². The third kappa shape index (κ3) is 4.71. The van der Waals surface area contributed by atoms with Gasteiger partial charge in [-0.2, -0.15) is 0 Å². The van der Waals surface area contributed by atoms with E-state index in [9.17, 15) is 8.42 Å². The molecule has 1 aromatic rings. The molecule has 0 aliphatic heterocycles. The summed E-state index contributed by atoms with van der Waals surface area (Å²) in [5.41, 5.74) is 0.906. The summed E-state index contributed by atoms with van der Waals surface area (Å²) in [5, 5.41) is 7.72. The van der Waals surface area contributed by atoms with Crippen LogP contribution in [0.2, 0.25) is 0 Å². The fraction of sp³-hybridized carbons (Fsp3) is 0.500. The van der Waals surface area contributed by atoms with Gasteiger partial charge in [0, 0.05) is 18.3 Å². The lowest BCUT2D eigenvalue weighted by Gasteiger charge is -2.04. The molecular formula is C8H14N4O2S. The van der Waals surface area contributed by atoms with Crippen molar-refractivity contribution in [3.05, 3.63) is 18.1 Å². The molecule has 0 fully saturated rings. The summed E-state index contributed by atoms with van der Waals surface area (Å²) >= 11 is 0. The van der Waals surface area contributed by atoms with Crippen molar-refractivity contribution in [1.82, 2.24) is 9.97 Å². The molecule has 0 amide bonds. The van der Waals surface area contributed by atoms with Crippen LogP contribution in [-0.2, 0) is 16.4 Å². The number of nitrogens with two attached hydrogens (primary N) is 1. The third-order valence-electron chi connectivity index (χ3n) is 1.78. The lowest BCUT2D eigenvalue weighted by Crippen LogP contribution is -2.22. The summed E-state index contributed by atoms with van der Waals surface area (Å²) in [4.78, 5) is 7.97. The summed E-state index contributed by atoms with van der Waals surface area (Å²) < 4.78 is 21.3. The zero-order valence-electron chi connectivity index (χ0n) is 8.47. The van der Waals surface area contributed by atoms with Crippen molar-refractivity contribution in [2.45, 2.75) is 13.3 Å². The van der Waals surface area contributed by atoms with E-state index in [0.29, 0.717) is 5.82 Å². The molecule has 0 saturated heterocycles. The van der Waals surface area contributed by atoms with Crippen LogP contribution < -0.4 is 10.5 Å². The Morgan fingerprint density at radius 2 is 2.20 bits per heavy atom. The highest BCUT2D eigenvalue weighted by Gasteiger charge is 2.02. The van der Waals surface area contributed by atoms with Crippen molar-refractivity contribution < 1.29 is 8.42 Å². The van der Waals surface area contributed by atoms with Gasteiger partial charge in [0.2, 0.25) is 10.0 Å². The van der Waals surface area contributed by atoms with Crippen molar-refractivity contribution >= 4 is 15.8 Å². The van der Waals surface area contributed by atoms with Crippen molar-refractivity contribution in [2.75, 3.05) is 17.6 Å². The number of aromatic nitrogens is 2. The first-order valence-corrected chi connectivity index (χ1v) is 6.28. The molecule has 84 valence electrons. The highest BCUT2D eigenvalue weighted by Crippen LogP contribution is 2.03. The van der Waals surface area contributed by atoms with Crippen molar-refractivity contribution in [2.24, 2.45) is 5.14 Å². The van der Waals surface area contributed by atoms with E-state index in [4.69, 9.17) is 5.14 Å². The number of anilines is 1. The minimum atomic E-state index is -3.42. The van der Waals surface area contributed by atoms with Gasteiger partial charge >= 0.3 is 0 Å². The molecule has 1 aromatic heterocycles. The van der Waals surface area contributed by atoms with Gasteiger partial charge in [-0.15, -0.1) is 0 Å². The summed E-state index contributed by atoms with van der Waals surface area (Å²) in [6.07, 6.45) is 2.25. The Kier molecular flexibility index (Phi) is 3.98. The predicted octanol–water partition coefficient (Wildman–Crippen LogP) is -0.261. The minimum absolute atomic E-state index is 0.113. The predicted molar refractivity (Wildman–Crippen MR) is 57.9 cm³/mol. The Labute approximate surface area is 89.0 Å². The first-order chi connectivity index (χ1) is 7.01. The average Bonchev–Trinajstić information content (AvgIpc) is 2.16. The second-order valence-corrected chi connectivity index (χ2v) is 4.78. The molecule has 0 aromatic carbocycles. The van der Waals surface area contributed by atoms with Crippen molar-refractivity contribution in [3.63, 3.8) is 0 Å². The van der Waals surface area contributed by atoms with Crippen LogP contribution in [0.3, 0.4) is 0 Å². The zero-order valence-corrected chi connectivity index (χ0v) is 9.29. The smallest absolute Gasteiger partial charge is 0.210 e. The van der Waals surface area contributed by atoms with E-state index in [2.05, 4.69) is 15.3 Å². The second-order valence-electron chi connectivity index (χ2n) is 3.04. The molecule has 0 saturated carbocycles. The van der Waals surface area contributed by atoms with E-state index >= 15 is 0 Å². The molecule has 15 heavy (non-hydrogen) atoms. The maximum atomic E-state index is 10.6. The molecule has 0 spiro atoms. The number of nitrogens with one attached hydrogen (secondary N) is 1. The molecule has 0 unspecified atom stereocenters. The number of aryl methyl sites for hydroxylation is 1. The average molecular weight is 230 g/mol. The van der Waals surface area contributed by atoms with E-state index < -0.39 is 10.0 Å². The maximum Gasteiger partial charge on any atom is 0.210 e. The van der Waals surface area contributed by atoms with Gasteiger partial charge in [-0.1, -0.05) is 6.92 Å². The number of hydrogen-bond donors (Lipinski definition) is 2. The van der Waals surface area contributed by atoms with Crippen LogP contribution in [-0.4, -0.2) is 30.7 Å². The Hall–Kier alpha value is -1.21. The van der Waals surface area contributed by atoms with E-state index in [0.717, 1.165) is 12.1 Å². The third-order valence-corrected chi connectivity index (χ3v) is 2.55. The molecule has 7 heteroatoms. The molecular weight excluding hydrogens is 216 g/mol. The quantitative estimate of drug-likeness (QED) is 0.726. The van der Waals surface area contributed by atoms with Crippen molar-refractivity contribution in [3.8, 4) is 0 Å². The Balaban J connectivity index is 2.51. The van der Waals surface area contributed by atoms with Crippen LogP contribution in [0.1, 0.15) is 12.6 Å². The Morgan fingerprint density at radius 1 is 1.47 bits per heavy atom. The van der Waals surface area contributed by atoms with E-state index in [1.165, 1.54) is 6.33 Å². The first kappa shape index (κ1) is 11.9. The molecule has 0 aliphatic rings. The topological polar surface area (TPSA) is 98.0 Å². The maximum absolute atomic E-state index is 10.6. The van der Waals surface area contributed by atoms with Gasteiger partial charge in [0.15, 0.2) is 0 Å². The lowest BCUT2D eigenvalue weighted by atomic mass is 10.3. The van der Waals surface area contributed by atoms with Crippen LogP contribution in [0, 0.1) is 0 Å². The molecule has 0 aliphatic carbocycles. The van der Waals surface area contributed by atoms with Crippen LogP contribution in [0.15, 0.2) is 12.4 Å². The highest BCUT2D eigenvalue weighted by molar-refractivity contribution is 7.89. The second kappa shape index (κ2) is 5.04. The fourth-order valence-electron chi connectivity index (χ4n) is 1.01. The summed E-state index contributed by atoms with van der Waals surface area (Å²) in [7, 11) is -3.42. The molecule has 0 atom stereocenters. The van der Waals surface area contributed by atoms with E-state index in [1.54, 1.807) is 6.07 Å². The zero-order chi connectivity index (χ0) is 11.3. The van der Waals surface area contributed by atoms with Crippen LogP contribution in [0.5, 0.6) is 0 Å². The number of hydrogen-bond acceptors (Lipinski definition) is 5.